The Morgan fingerprint density at radius 2 is 1.31 bits per heavy atom. The average molecular weight is 493 g/mol. The van der Waals surface area contributed by atoms with Crippen LogP contribution in [0.25, 0.3) is 0 Å². The molecule has 0 saturated carbocycles. The average Bonchev–Trinajstić information content (AvgIpc) is 2.78. The van der Waals surface area contributed by atoms with E-state index in [4.69, 9.17) is 19.7 Å². The van der Waals surface area contributed by atoms with E-state index in [1.165, 1.54) is 38.1 Å². The van der Waals surface area contributed by atoms with Gasteiger partial charge in [0.1, 0.15) is 11.5 Å². The number of aliphatic carboxylic acids is 1. The summed E-state index contributed by atoms with van der Waals surface area (Å²) in [6, 6.07) is 12.6. The van der Waals surface area contributed by atoms with Crippen molar-refractivity contribution in [3.8, 4) is 35.2 Å². The molecule has 8 nitrogen and oxygen atoms in total. The summed E-state index contributed by atoms with van der Waals surface area (Å²) in [7, 11) is 0. The Balaban J connectivity index is 0.000000269. The van der Waals surface area contributed by atoms with Gasteiger partial charge in [0.2, 0.25) is 0 Å². The molecule has 188 valence electrons. The molecule has 0 aliphatic carbocycles. The zero-order chi connectivity index (χ0) is 26.9. The van der Waals surface area contributed by atoms with Crippen LogP contribution in [0.2, 0.25) is 0 Å². The first-order valence-electron chi connectivity index (χ1n) is 11.1. The van der Waals surface area contributed by atoms with Crippen molar-refractivity contribution in [2.45, 2.75) is 51.7 Å². The van der Waals surface area contributed by atoms with Crippen molar-refractivity contribution in [2.75, 3.05) is 0 Å². The van der Waals surface area contributed by atoms with Crippen LogP contribution in [-0.2, 0) is 23.9 Å². The summed E-state index contributed by atoms with van der Waals surface area (Å²) in [6.07, 6.45) is -0.0222. The van der Waals surface area contributed by atoms with Gasteiger partial charge in [0.05, 0.1) is 18.3 Å². The molecular formula is C28H28O8. The molecule has 0 aromatic heterocycles. The smallest absolute Gasteiger partial charge is 0.325 e. The van der Waals surface area contributed by atoms with Crippen LogP contribution in [0.1, 0.15) is 57.1 Å². The minimum atomic E-state index is -1.26. The number of carbonyl (C=O) groups is 3. The van der Waals surface area contributed by atoms with Crippen LogP contribution >= 0.6 is 0 Å². The zero-order valence-electron chi connectivity index (χ0n) is 20.4. The van der Waals surface area contributed by atoms with E-state index in [9.17, 15) is 19.5 Å². The Hall–Kier alpha value is -4.43. The first-order chi connectivity index (χ1) is 17.0. The van der Waals surface area contributed by atoms with Gasteiger partial charge in [-0.15, -0.1) is 11.8 Å². The van der Waals surface area contributed by atoms with Gasteiger partial charge in [-0.25, -0.2) is 0 Å². The van der Waals surface area contributed by atoms with Gasteiger partial charge in [0.25, 0.3) is 5.79 Å². The Bertz CT molecular complexity index is 1180. The molecule has 0 spiro atoms. The van der Waals surface area contributed by atoms with Crippen LogP contribution in [-0.4, -0.2) is 39.0 Å². The van der Waals surface area contributed by atoms with Gasteiger partial charge in [-0.2, -0.15) is 0 Å². The summed E-state index contributed by atoms with van der Waals surface area (Å²) < 4.78 is 10.3. The molecule has 1 fully saturated rings. The Kier molecular flexibility index (Phi) is 9.52. The third-order valence-corrected chi connectivity index (χ3v) is 5.08. The molecule has 1 aliphatic heterocycles. The van der Waals surface area contributed by atoms with E-state index in [0.29, 0.717) is 5.56 Å². The van der Waals surface area contributed by atoms with Crippen molar-refractivity contribution in [2.24, 2.45) is 5.92 Å². The fraction of sp³-hybridized carbons (Fsp3) is 0.321. The number of hydrogen-bond acceptors (Lipinski definition) is 7. The van der Waals surface area contributed by atoms with Crippen LogP contribution in [0.5, 0.6) is 11.5 Å². The van der Waals surface area contributed by atoms with E-state index in [2.05, 4.69) is 23.7 Å². The monoisotopic (exact) mass is 492 g/mol. The Morgan fingerprint density at radius 1 is 0.861 bits per heavy atom. The topological polar surface area (TPSA) is 130 Å². The summed E-state index contributed by atoms with van der Waals surface area (Å²) in [6.45, 7) is 6.30. The van der Waals surface area contributed by atoms with E-state index in [1.54, 1.807) is 38.1 Å². The second-order valence-electron chi connectivity index (χ2n) is 8.32. The third-order valence-electron chi connectivity index (χ3n) is 5.08. The fourth-order valence-corrected chi connectivity index (χ4v) is 3.50. The number of esters is 2. The van der Waals surface area contributed by atoms with Crippen LogP contribution < -0.4 is 0 Å². The van der Waals surface area contributed by atoms with Crippen molar-refractivity contribution < 1.29 is 39.2 Å². The largest absolute Gasteiger partial charge is 0.508 e. The van der Waals surface area contributed by atoms with Gasteiger partial charge < -0.3 is 24.8 Å². The number of carbonyl (C=O) groups excluding carboxylic acids is 2. The minimum Gasteiger partial charge on any atom is -0.508 e. The number of benzene rings is 2. The van der Waals surface area contributed by atoms with E-state index in [0.717, 1.165) is 5.56 Å². The number of carboxylic acids is 1. The lowest BCUT2D eigenvalue weighted by Gasteiger charge is -2.34. The Labute approximate surface area is 209 Å². The second kappa shape index (κ2) is 12.3. The number of cyclic esters (lactones) is 2. The van der Waals surface area contributed by atoms with Crippen molar-refractivity contribution in [3.05, 3.63) is 59.7 Å². The number of carboxylic acid groups (broad SMARTS) is 1. The summed E-state index contributed by atoms with van der Waals surface area (Å²) in [4.78, 5) is 34.9. The van der Waals surface area contributed by atoms with Crippen LogP contribution in [0.3, 0.4) is 0 Å². The summed E-state index contributed by atoms with van der Waals surface area (Å²) in [5, 5.41) is 27.1. The second-order valence-corrected chi connectivity index (χ2v) is 8.32. The first kappa shape index (κ1) is 27.8. The minimum absolute atomic E-state index is 0.0222. The predicted molar refractivity (Wildman–Crippen MR) is 131 cm³/mol. The normalized spacial score (nSPS) is 15.8. The van der Waals surface area contributed by atoms with Gasteiger partial charge in [0, 0.05) is 13.8 Å². The van der Waals surface area contributed by atoms with Gasteiger partial charge in [0.15, 0.2) is 5.92 Å². The summed E-state index contributed by atoms with van der Waals surface area (Å²) in [5.41, 5.74) is 1.45. The fourth-order valence-electron chi connectivity index (χ4n) is 3.50. The third kappa shape index (κ3) is 7.82. The van der Waals surface area contributed by atoms with E-state index in [1.807, 2.05) is 0 Å². The van der Waals surface area contributed by atoms with Gasteiger partial charge in [-0.3, -0.25) is 14.4 Å². The maximum absolute atomic E-state index is 12.1. The molecule has 3 N–H and O–H groups in total. The molecule has 1 aliphatic rings. The number of ether oxygens (including phenoxy) is 2. The summed E-state index contributed by atoms with van der Waals surface area (Å²) in [5.74, 6) is 5.80. The molecule has 36 heavy (non-hydrogen) atoms. The molecule has 0 bridgehead atoms. The molecule has 2 aromatic rings. The first-order valence-corrected chi connectivity index (χ1v) is 11.1. The lowest BCUT2D eigenvalue weighted by Crippen LogP contribution is -2.48. The molecule has 1 saturated heterocycles. The standard InChI is InChI=1S/C16H16O5.C12H12O3/c1-4-5-12(10-6-8-11(17)9-7-10)13-14(18)20-16(2,3)21-15(13)19;1-2-3-10(8-12(14)15)9-4-6-11(13)7-5-9/h6-9,12-13,17H,1-3H3;4-7,10,13H,8H2,1H3,(H,14,15). The molecule has 2 unspecified atom stereocenters. The summed E-state index contributed by atoms with van der Waals surface area (Å²) >= 11 is 0. The van der Waals surface area contributed by atoms with Crippen molar-refractivity contribution in [1.29, 1.82) is 0 Å². The predicted octanol–water partition coefficient (Wildman–Crippen LogP) is 3.93. The quantitative estimate of drug-likeness (QED) is 0.325. The van der Waals surface area contributed by atoms with Crippen molar-refractivity contribution in [1.82, 2.24) is 0 Å². The van der Waals surface area contributed by atoms with Crippen molar-refractivity contribution in [3.63, 3.8) is 0 Å². The molecule has 3 rings (SSSR count). The zero-order valence-corrected chi connectivity index (χ0v) is 20.4. The van der Waals surface area contributed by atoms with Gasteiger partial charge >= 0.3 is 17.9 Å². The highest BCUT2D eigenvalue weighted by molar-refractivity contribution is 5.98. The highest BCUT2D eigenvalue weighted by atomic mass is 16.7. The lowest BCUT2D eigenvalue weighted by atomic mass is 9.85. The maximum atomic E-state index is 12.1. The maximum Gasteiger partial charge on any atom is 0.325 e. The Morgan fingerprint density at radius 3 is 1.72 bits per heavy atom. The van der Waals surface area contributed by atoms with E-state index < -0.39 is 35.5 Å². The number of phenols is 2. The molecule has 8 heteroatoms. The highest BCUT2D eigenvalue weighted by Crippen LogP contribution is 2.33. The van der Waals surface area contributed by atoms with Crippen molar-refractivity contribution >= 4 is 17.9 Å². The lowest BCUT2D eigenvalue weighted by molar-refractivity contribution is -0.240. The molecule has 0 amide bonds. The van der Waals surface area contributed by atoms with Crippen LogP contribution in [0, 0.1) is 29.6 Å². The van der Waals surface area contributed by atoms with Gasteiger partial charge in [-0.05, 0) is 49.2 Å². The molecular weight excluding hydrogens is 464 g/mol. The highest BCUT2D eigenvalue weighted by Gasteiger charge is 2.47. The molecule has 2 aromatic carbocycles. The number of phenolic OH excluding ortho intramolecular Hbond substituents is 2. The van der Waals surface area contributed by atoms with Gasteiger partial charge in [-0.1, -0.05) is 36.1 Å². The number of aromatic hydroxyl groups is 2. The molecule has 2 atom stereocenters. The van der Waals surface area contributed by atoms with Crippen LogP contribution in [0.15, 0.2) is 48.5 Å². The van der Waals surface area contributed by atoms with E-state index in [-0.39, 0.29) is 23.8 Å². The number of hydrogen-bond donors (Lipinski definition) is 3. The van der Waals surface area contributed by atoms with Crippen LogP contribution in [0.4, 0.5) is 0 Å². The molecule has 0 radical (unpaired) electrons. The van der Waals surface area contributed by atoms with E-state index >= 15 is 0 Å². The number of rotatable bonds is 5. The molecule has 1 heterocycles. The SMILES string of the molecule is CC#CC(CC(=O)O)c1ccc(O)cc1.CC#CC(c1ccc(O)cc1)C1C(=O)OC(C)(C)OC1=O.